The van der Waals surface area contributed by atoms with E-state index < -0.39 is 0 Å². The molecule has 0 fully saturated rings. The molecule has 16 heavy (non-hydrogen) atoms. The first-order valence-electron chi connectivity index (χ1n) is 5.16. The second-order valence-corrected chi connectivity index (χ2v) is 3.46. The van der Waals surface area contributed by atoms with Crippen LogP contribution in [0.1, 0.15) is 6.42 Å². The molecule has 0 radical (unpaired) electrons. The number of benzene rings is 1. The summed E-state index contributed by atoms with van der Waals surface area (Å²) in [5.41, 5.74) is 0. The Hall–Kier alpha value is -1.06. The van der Waals surface area contributed by atoms with Crippen molar-refractivity contribution in [2.24, 2.45) is 0 Å². The number of ketones is 1. The van der Waals surface area contributed by atoms with Gasteiger partial charge in [0.1, 0.15) is 18.1 Å². The standard InChI is InChI=1S/C12H15ClO3/c13-10-11(14)6-7-15-8-9-16-12-4-2-1-3-5-12/h1-5H,6-10H2. The zero-order valence-corrected chi connectivity index (χ0v) is 9.78. The average Bonchev–Trinajstić information content (AvgIpc) is 2.34. The highest BCUT2D eigenvalue weighted by Gasteiger charge is 1.98. The molecule has 0 N–H and O–H groups in total. The number of carbonyl (C=O) groups is 1. The molecular formula is C12H15ClO3. The van der Waals surface area contributed by atoms with E-state index in [9.17, 15) is 4.79 Å². The van der Waals surface area contributed by atoms with Crippen molar-refractivity contribution < 1.29 is 14.3 Å². The van der Waals surface area contributed by atoms with Gasteiger partial charge < -0.3 is 9.47 Å². The summed E-state index contributed by atoms with van der Waals surface area (Å²) in [5.74, 6) is 0.887. The Morgan fingerprint density at radius 2 is 1.88 bits per heavy atom. The molecule has 4 heteroatoms. The number of rotatable bonds is 8. The number of Topliss-reactive ketones (excluding diaryl/α,β-unsaturated/α-hetero) is 1. The smallest absolute Gasteiger partial charge is 0.149 e. The van der Waals surface area contributed by atoms with E-state index in [1.165, 1.54) is 0 Å². The van der Waals surface area contributed by atoms with Crippen molar-refractivity contribution in [3.8, 4) is 5.75 Å². The summed E-state index contributed by atoms with van der Waals surface area (Å²) >= 11 is 5.34. The molecule has 0 heterocycles. The van der Waals surface area contributed by atoms with Crippen LogP contribution in [0.5, 0.6) is 5.75 Å². The van der Waals surface area contributed by atoms with Crippen LogP contribution >= 0.6 is 11.6 Å². The summed E-state index contributed by atoms with van der Waals surface area (Å²) in [6.45, 7) is 1.37. The van der Waals surface area contributed by atoms with Gasteiger partial charge in [0, 0.05) is 6.42 Å². The van der Waals surface area contributed by atoms with E-state index in [1.807, 2.05) is 30.3 Å². The van der Waals surface area contributed by atoms with Crippen molar-refractivity contribution >= 4 is 17.4 Å². The van der Waals surface area contributed by atoms with Gasteiger partial charge in [0.25, 0.3) is 0 Å². The van der Waals surface area contributed by atoms with Crippen molar-refractivity contribution in [3.63, 3.8) is 0 Å². The fraction of sp³-hybridized carbons (Fsp3) is 0.417. The third kappa shape index (κ3) is 5.73. The number of hydrogen-bond acceptors (Lipinski definition) is 3. The summed E-state index contributed by atoms with van der Waals surface area (Å²) in [6.07, 6.45) is 0.370. The lowest BCUT2D eigenvalue weighted by atomic mass is 10.3. The first kappa shape index (κ1) is 13.0. The van der Waals surface area contributed by atoms with Crippen LogP contribution in [0, 0.1) is 0 Å². The van der Waals surface area contributed by atoms with Gasteiger partial charge in [-0.25, -0.2) is 0 Å². The minimum absolute atomic E-state index is 0.00523. The van der Waals surface area contributed by atoms with E-state index in [4.69, 9.17) is 21.1 Å². The molecule has 0 atom stereocenters. The lowest BCUT2D eigenvalue weighted by molar-refractivity contribution is -0.117. The maximum atomic E-state index is 10.8. The first-order valence-corrected chi connectivity index (χ1v) is 5.69. The Labute approximate surface area is 100 Å². The zero-order valence-electron chi connectivity index (χ0n) is 9.02. The Morgan fingerprint density at radius 1 is 1.12 bits per heavy atom. The Bertz CT molecular complexity index is 300. The molecule has 0 aliphatic carbocycles. The van der Waals surface area contributed by atoms with E-state index in [-0.39, 0.29) is 11.7 Å². The Morgan fingerprint density at radius 3 is 2.56 bits per heavy atom. The van der Waals surface area contributed by atoms with Gasteiger partial charge in [-0.15, -0.1) is 11.6 Å². The van der Waals surface area contributed by atoms with Crippen LogP contribution in [0.4, 0.5) is 0 Å². The second kappa shape index (κ2) is 8.13. The van der Waals surface area contributed by atoms with Crippen molar-refractivity contribution in [2.45, 2.75) is 6.42 Å². The lowest BCUT2D eigenvalue weighted by Crippen LogP contribution is -2.10. The van der Waals surface area contributed by atoms with Gasteiger partial charge in [-0.1, -0.05) is 18.2 Å². The predicted octanol–water partition coefficient (Wildman–Crippen LogP) is 2.28. The van der Waals surface area contributed by atoms with Gasteiger partial charge in [-0.05, 0) is 12.1 Å². The van der Waals surface area contributed by atoms with E-state index in [1.54, 1.807) is 0 Å². The zero-order chi connectivity index (χ0) is 11.6. The van der Waals surface area contributed by atoms with Crippen LogP contribution in [0.2, 0.25) is 0 Å². The number of ether oxygens (including phenoxy) is 2. The second-order valence-electron chi connectivity index (χ2n) is 3.20. The van der Waals surface area contributed by atoms with Crippen LogP contribution in [0.25, 0.3) is 0 Å². The van der Waals surface area contributed by atoms with Crippen molar-refractivity contribution in [1.29, 1.82) is 0 Å². The minimum atomic E-state index is 0.00523. The van der Waals surface area contributed by atoms with Crippen LogP contribution in [0.15, 0.2) is 30.3 Å². The number of para-hydroxylation sites is 1. The summed E-state index contributed by atoms with van der Waals surface area (Å²) in [7, 11) is 0. The SMILES string of the molecule is O=C(CCl)CCOCCOc1ccccc1. The van der Waals surface area contributed by atoms with Crippen molar-refractivity contribution in [3.05, 3.63) is 30.3 Å². The topological polar surface area (TPSA) is 35.5 Å². The van der Waals surface area contributed by atoms with E-state index in [0.717, 1.165) is 5.75 Å². The molecule has 1 aromatic carbocycles. The molecule has 0 saturated carbocycles. The summed E-state index contributed by atoms with van der Waals surface area (Å²) in [4.78, 5) is 10.8. The fourth-order valence-corrected chi connectivity index (χ4v) is 1.22. The Kier molecular flexibility index (Phi) is 6.61. The molecule has 1 aromatic rings. The summed E-state index contributed by atoms with van der Waals surface area (Å²) < 4.78 is 10.6. The maximum Gasteiger partial charge on any atom is 0.149 e. The normalized spacial score (nSPS) is 10.1. The van der Waals surface area contributed by atoms with Gasteiger partial charge >= 0.3 is 0 Å². The van der Waals surface area contributed by atoms with Crippen LogP contribution < -0.4 is 4.74 Å². The highest BCUT2D eigenvalue weighted by Crippen LogP contribution is 2.07. The minimum Gasteiger partial charge on any atom is -0.491 e. The highest BCUT2D eigenvalue weighted by atomic mass is 35.5. The number of carbonyl (C=O) groups excluding carboxylic acids is 1. The average molecular weight is 243 g/mol. The van der Waals surface area contributed by atoms with E-state index in [2.05, 4.69) is 0 Å². The van der Waals surface area contributed by atoms with Gasteiger partial charge in [0.2, 0.25) is 0 Å². The Balaban J connectivity index is 1.98. The molecule has 0 amide bonds. The molecule has 0 aliphatic rings. The highest BCUT2D eigenvalue weighted by molar-refractivity contribution is 6.27. The largest absolute Gasteiger partial charge is 0.491 e. The van der Waals surface area contributed by atoms with Gasteiger partial charge in [-0.2, -0.15) is 0 Å². The number of halogens is 1. The van der Waals surface area contributed by atoms with Crippen LogP contribution in [-0.2, 0) is 9.53 Å². The summed E-state index contributed by atoms with van der Waals surface area (Å²) in [6, 6.07) is 9.53. The molecular weight excluding hydrogens is 228 g/mol. The molecule has 3 nitrogen and oxygen atoms in total. The molecule has 0 aromatic heterocycles. The molecule has 88 valence electrons. The number of hydrogen-bond donors (Lipinski definition) is 0. The monoisotopic (exact) mass is 242 g/mol. The molecule has 0 bridgehead atoms. The van der Waals surface area contributed by atoms with E-state index >= 15 is 0 Å². The molecule has 1 rings (SSSR count). The number of alkyl halides is 1. The molecule has 0 saturated heterocycles. The third-order valence-electron chi connectivity index (χ3n) is 1.91. The van der Waals surface area contributed by atoms with E-state index in [0.29, 0.717) is 26.2 Å². The summed E-state index contributed by atoms with van der Waals surface area (Å²) in [5, 5.41) is 0. The van der Waals surface area contributed by atoms with Gasteiger partial charge in [0.05, 0.1) is 19.1 Å². The third-order valence-corrected chi connectivity index (χ3v) is 2.21. The van der Waals surface area contributed by atoms with Crippen molar-refractivity contribution in [2.75, 3.05) is 25.7 Å². The van der Waals surface area contributed by atoms with Gasteiger partial charge in [0.15, 0.2) is 0 Å². The molecule has 0 aliphatic heterocycles. The quantitative estimate of drug-likeness (QED) is 0.518. The van der Waals surface area contributed by atoms with Gasteiger partial charge in [-0.3, -0.25) is 4.79 Å². The molecule has 0 unspecified atom stereocenters. The fourth-order valence-electron chi connectivity index (χ4n) is 1.09. The predicted molar refractivity (Wildman–Crippen MR) is 63.1 cm³/mol. The van der Waals surface area contributed by atoms with Crippen molar-refractivity contribution in [1.82, 2.24) is 0 Å². The first-order chi connectivity index (χ1) is 7.83. The maximum absolute atomic E-state index is 10.8. The van der Waals surface area contributed by atoms with Crippen LogP contribution in [0.3, 0.4) is 0 Å². The van der Waals surface area contributed by atoms with Crippen LogP contribution in [-0.4, -0.2) is 31.5 Å². The molecule has 0 spiro atoms. The lowest BCUT2D eigenvalue weighted by Gasteiger charge is -2.06.